The summed E-state index contributed by atoms with van der Waals surface area (Å²) in [5.74, 6) is 2.17. The highest BCUT2D eigenvalue weighted by Crippen LogP contribution is 2.21. The van der Waals surface area contributed by atoms with Crippen LogP contribution in [0.4, 0.5) is 0 Å². The van der Waals surface area contributed by atoms with Crippen LogP contribution in [0.2, 0.25) is 0 Å². The van der Waals surface area contributed by atoms with Crippen LogP contribution in [0.3, 0.4) is 0 Å². The molecule has 28 heavy (non-hydrogen) atoms. The Balaban J connectivity index is 0.000000280. The van der Waals surface area contributed by atoms with E-state index in [1.165, 1.54) is 0 Å². The molecule has 2 aromatic heterocycles. The second kappa shape index (κ2) is 8.13. The van der Waals surface area contributed by atoms with Crippen LogP contribution >= 0.6 is 0 Å². The van der Waals surface area contributed by atoms with Gasteiger partial charge in [-0.1, -0.05) is 83.1 Å². The first kappa shape index (κ1) is 24.0. The zero-order valence-electron chi connectivity index (χ0n) is 19.7. The van der Waals surface area contributed by atoms with Crippen LogP contribution in [0, 0.1) is 0 Å². The maximum Gasteiger partial charge on any atom is 0.178 e. The molecule has 0 amide bonds. The maximum absolute atomic E-state index is 4.34. The molecule has 0 aliphatic rings. The van der Waals surface area contributed by atoms with E-state index in [4.69, 9.17) is 0 Å². The van der Waals surface area contributed by atoms with Crippen LogP contribution in [-0.2, 0) is 21.7 Å². The van der Waals surface area contributed by atoms with E-state index in [-0.39, 0.29) is 21.7 Å². The van der Waals surface area contributed by atoms with Crippen LogP contribution in [0.15, 0.2) is 6.20 Å². The number of hydrogen-bond donors (Lipinski definition) is 0. The van der Waals surface area contributed by atoms with Crippen LogP contribution in [0.1, 0.15) is 106 Å². The lowest BCUT2D eigenvalue weighted by atomic mass is 9.92. The zero-order valence-corrected chi connectivity index (χ0v) is 19.7. The van der Waals surface area contributed by atoms with E-state index in [1.807, 2.05) is 47.7 Å². The highest BCUT2D eigenvalue weighted by atomic mass is 15.3. The number of nitrogens with zero attached hydrogens (tertiary/aromatic N) is 7. The first-order chi connectivity index (χ1) is 12.4. The van der Waals surface area contributed by atoms with Gasteiger partial charge in [0, 0.05) is 21.7 Å². The van der Waals surface area contributed by atoms with Gasteiger partial charge in [0.25, 0.3) is 0 Å². The summed E-state index contributed by atoms with van der Waals surface area (Å²) in [7, 11) is 0. The molecule has 0 unspecified atom stereocenters. The summed E-state index contributed by atoms with van der Waals surface area (Å²) in [6.07, 6.45) is 1.83. The average molecular weight is 388 g/mol. The molecule has 0 radical (unpaired) electrons. The molecule has 0 fully saturated rings. The van der Waals surface area contributed by atoms with E-state index in [1.54, 1.807) is 0 Å². The Labute approximate surface area is 170 Å². The molecule has 0 aliphatic carbocycles. The van der Waals surface area contributed by atoms with Crippen molar-refractivity contribution in [1.29, 1.82) is 0 Å². The fraction of sp³-hybridized carbons (Fsp3) is 0.762. The van der Waals surface area contributed by atoms with Crippen molar-refractivity contribution in [2.45, 2.75) is 105 Å². The fourth-order valence-corrected chi connectivity index (χ4v) is 1.79. The topological polar surface area (TPSA) is 90.2 Å². The Morgan fingerprint density at radius 1 is 0.429 bits per heavy atom. The Bertz CT molecular complexity index is 605. The van der Waals surface area contributed by atoms with Gasteiger partial charge in [-0.15, -0.1) is 25.5 Å². The van der Waals surface area contributed by atoms with Gasteiger partial charge in [-0.25, -0.2) is 4.98 Å². The molecule has 7 nitrogen and oxygen atoms in total. The third-order valence-corrected chi connectivity index (χ3v) is 3.82. The van der Waals surface area contributed by atoms with Crippen molar-refractivity contribution in [1.82, 2.24) is 35.6 Å². The van der Waals surface area contributed by atoms with E-state index in [2.05, 4.69) is 77.1 Å². The Hall–Kier alpha value is -2.05. The van der Waals surface area contributed by atoms with E-state index in [0.29, 0.717) is 11.6 Å². The lowest BCUT2D eigenvalue weighted by Crippen LogP contribution is -2.23. The zero-order chi connectivity index (χ0) is 22.0. The van der Waals surface area contributed by atoms with Gasteiger partial charge in [-0.3, -0.25) is 0 Å². The fourth-order valence-electron chi connectivity index (χ4n) is 1.79. The highest BCUT2D eigenvalue weighted by Gasteiger charge is 2.23. The van der Waals surface area contributed by atoms with E-state index in [0.717, 1.165) is 11.5 Å². The number of aromatic nitrogens is 7. The smallest absolute Gasteiger partial charge is 0.178 e. The van der Waals surface area contributed by atoms with Crippen LogP contribution in [0.25, 0.3) is 0 Å². The van der Waals surface area contributed by atoms with Crippen molar-refractivity contribution in [3.63, 3.8) is 0 Å². The van der Waals surface area contributed by atoms with Gasteiger partial charge < -0.3 is 0 Å². The first-order valence-electron chi connectivity index (χ1n) is 9.71. The lowest BCUT2D eigenvalue weighted by molar-refractivity contribution is 0.471. The first-order valence-corrected chi connectivity index (χ1v) is 9.71. The van der Waals surface area contributed by atoms with Crippen molar-refractivity contribution >= 4 is 0 Å². The summed E-state index contributed by atoms with van der Waals surface area (Å²) in [5.41, 5.74) is 0.762. The SMILES string of the molecule is CC(C)(C)c1cnc(C(C)(C)C)nn1.CC(C)(C)c1nnc(C(C)(C)C)nn1. The summed E-state index contributed by atoms with van der Waals surface area (Å²) in [6.45, 7) is 24.8. The molecule has 0 aromatic carbocycles. The van der Waals surface area contributed by atoms with E-state index in [9.17, 15) is 0 Å². The largest absolute Gasteiger partial charge is 0.237 e. The van der Waals surface area contributed by atoms with Crippen LogP contribution < -0.4 is 0 Å². The number of rotatable bonds is 0. The summed E-state index contributed by atoms with van der Waals surface area (Å²) in [6, 6.07) is 0. The molecule has 0 bridgehead atoms. The molecule has 2 rings (SSSR count). The van der Waals surface area contributed by atoms with Crippen molar-refractivity contribution in [2.75, 3.05) is 0 Å². The summed E-state index contributed by atoms with van der Waals surface area (Å²) < 4.78 is 0. The summed E-state index contributed by atoms with van der Waals surface area (Å²) in [5, 5.41) is 24.7. The van der Waals surface area contributed by atoms with Gasteiger partial charge in [-0.2, -0.15) is 5.10 Å². The van der Waals surface area contributed by atoms with E-state index >= 15 is 0 Å². The Morgan fingerprint density at radius 2 is 0.750 bits per heavy atom. The van der Waals surface area contributed by atoms with Crippen molar-refractivity contribution < 1.29 is 0 Å². The standard InChI is InChI=1S/C11H19N3.C10H18N4/c1-10(2,3)8-7-12-9(14-13-8)11(4,5)6;1-9(2,3)7-11-13-8(14-12-7)10(4,5)6/h7H,1-6H3;1-6H3. The number of hydrogen-bond acceptors (Lipinski definition) is 7. The molecule has 7 heteroatoms. The molecular formula is C21H37N7. The molecule has 0 saturated heterocycles. The van der Waals surface area contributed by atoms with Crippen LogP contribution in [-0.4, -0.2) is 35.6 Å². The molecule has 2 heterocycles. The highest BCUT2D eigenvalue weighted by molar-refractivity contribution is 5.09. The lowest BCUT2D eigenvalue weighted by Gasteiger charge is -2.19. The minimum absolute atomic E-state index is 0.0242. The van der Waals surface area contributed by atoms with Gasteiger partial charge in [0.15, 0.2) is 17.5 Å². The molecular weight excluding hydrogens is 350 g/mol. The molecule has 0 atom stereocenters. The quantitative estimate of drug-likeness (QED) is 0.664. The Morgan fingerprint density at radius 3 is 0.964 bits per heavy atom. The van der Waals surface area contributed by atoms with Gasteiger partial charge in [0.1, 0.15) is 0 Å². The van der Waals surface area contributed by atoms with Crippen molar-refractivity contribution in [2.24, 2.45) is 0 Å². The van der Waals surface area contributed by atoms with Crippen molar-refractivity contribution in [3.8, 4) is 0 Å². The Kier molecular flexibility index (Phi) is 6.97. The van der Waals surface area contributed by atoms with Gasteiger partial charge in [0.05, 0.1) is 11.9 Å². The normalized spacial score (nSPS) is 13.0. The van der Waals surface area contributed by atoms with Gasteiger partial charge in [0.2, 0.25) is 0 Å². The van der Waals surface area contributed by atoms with Gasteiger partial charge >= 0.3 is 0 Å². The second-order valence-corrected chi connectivity index (χ2v) is 11.2. The average Bonchev–Trinajstić information content (AvgIpc) is 2.52. The van der Waals surface area contributed by atoms with E-state index < -0.39 is 0 Å². The summed E-state index contributed by atoms with van der Waals surface area (Å²) >= 11 is 0. The molecule has 2 aromatic rings. The monoisotopic (exact) mass is 387 g/mol. The molecule has 0 saturated carbocycles. The maximum atomic E-state index is 4.34. The third-order valence-electron chi connectivity index (χ3n) is 3.82. The third kappa shape index (κ3) is 7.17. The van der Waals surface area contributed by atoms with Gasteiger partial charge in [-0.05, 0) is 0 Å². The predicted octanol–water partition coefficient (Wildman–Crippen LogP) is 4.33. The van der Waals surface area contributed by atoms with Crippen LogP contribution in [0.5, 0.6) is 0 Å². The predicted molar refractivity (Wildman–Crippen MR) is 112 cm³/mol. The minimum atomic E-state index is -0.0869. The molecule has 156 valence electrons. The molecule has 0 aliphatic heterocycles. The summed E-state index contributed by atoms with van der Waals surface area (Å²) in [4.78, 5) is 4.34. The minimum Gasteiger partial charge on any atom is -0.237 e. The molecule has 0 spiro atoms. The molecule has 0 N–H and O–H groups in total. The second-order valence-electron chi connectivity index (χ2n) is 11.2. The van der Waals surface area contributed by atoms with Crippen molar-refractivity contribution in [3.05, 3.63) is 29.4 Å².